The van der Waals surface area contributed by atoms with Crippen molar-refractivity contribution in [1.29, 1.82) is 0 Å². The molecule has 2 amide bonds. The summed E-state index contributed by atoms with van der Waals surface area (Å²) < 4.78 is 17.2. The second kappa shape index (κ2) is 12.2. The fourth-order valence-corrected chi connectivity index (χ4v) is 4.75. The predicted molar refractivity (Wildman–Crippen MR) is 161 cm³/mol. The van der Waals surface area contributed by atoms with Gasteiger partial charge in [0.2, 0.25) is 5.91 Å². The van der Waals surface area contributed by atoms with Crippen LogP contribution in [0.5, 0.6) is 0 Å². The van der Waals surface area contributed by atoms with Crippen LogP contribution in [0.4, 0.5) is 10.1 Å². The van der Waals surface area contributed by atoms with E-state index in [4.69, 9.17) is 0 Å². The maximum atomic E-state index is 13.8. The number of anilines is 1. The summed E-state index contributed by atoms with van der Waals surface area (Å²) in [5, 5.41) is 9.14. The normalized spacial score (nSPS) is 11.8. The third-order valence-corrected chi connectivity index (χ3v) is 7.07. The Morgan fingerprint density at radius 3 is 2.64 bits per heavy atom. The number of nitrogens with zero attached hydrogens (tertiary/aromatic N) is 3. The molecular formula is C32H31FN6O3. The molecule has 3 N–H and O–H groups in total. The van der Waals surface area contributed by atoms with Gasteiger partial charge >= 0.3 is 0 Å². The summed E-state index contributed by atoms with van der Waals surface area (Å²) in [6, 6.07) is 18.2. The zero-order valence-electron chi connectivity index (χ0n) is 23.5. The zero-order valence-corrected chi connectivity index (χ0v) is 23.5. The number of aromatic nitrogens is 3. The number of fused-ring (bicyclic) bond motifs is 1. The lowest BCUT2D eigenvalue weighted by Crippen LogP contribution is -2.37. The van der Waals surface area contributed by atoms with Crippen LogP contribution in [0, 0.1) is 5.82 Å². The topological polar surface area (TPSA) is 110 Å². The molecule has 9 nitrogen and oxygen atoms in total. The van der Waals surface area contributed by atoms with Gasteiger partial charge in [0, 0.05) is 29.9 Å². The highest BCUT2D eigenvalue weighted by Crippen LogP contribution is 2.24. The van der Waals surface area contributed by atoms with Crippen molar-refractivity contribution in [3.63, 3.8) is 0 Å². The van der Waals surface area contributed by atoms with E-state index in [1.165, 1.54) is 12.1 Å². The Hall–Kier alpha value is -5.09. The fourth-order valence-electron chi connectivity index (χ4n) is 4.75. The standard InChI is InChI=1S/C32H31FN6O3/c1-4-36-31(41)24-7-5-6-22(15-24)29-11-9-27(37-30(40)20(2)34-3)32(42)39(29)19-21-14-26(18-35-17-21)38-13-12-23-16-25(33)8-10-28(23)38/h5-18,20,34H,4,19H2,1-3H3,(H,36,41)(H,37,40). The van der Waals surface area contributed by atoms with Crippen LogP contribution in [0.3, 0.4) is 0 Å². The lowest BCUT2D eigenvalue weighted by atomic mass is 10.1. The number of nitrogens with one attached hydrogen (secondary N) is 3. The molecule has 42 heavy (non-hydrogen) atoms. The molecule has 0 saturated carbocycles. The summed E-state index contributed by atoms with van der Waals surface area (Å²) in [5.41, 5.74) is 3.72. The van der Waals surface area contributed by atoms with Crippen molar-refractivity contribution >= 4 is 28.4 Å². The minimum atomic E-state index is -0.503. The van der Waals surface area contributed by atoms with Crippen molar-refractivity contribution in [3.05, 3.63) is 113 Å². The van der Waals surface area contributed by atoms with Gasteiger partial charge in [-0.2, -0.15) is 0 Å². The van der Waals surface area contributed by atoms with Crippen LogP contribution in [0.15, 0.2) is 90.1 Å². The molecule has 3 aromatic heterocycles. The summed E-state index contributed by atoms with van der Waals surface area (Å²) in [7, 11) is 1.66. The van der Waals surface area contributed by atoms with Crippen molar-refractivity contribution < 1.29 is 14.0 Å². The summed E-state index contributed by atoms with van der Waals surface area (Å²) in [6.07, 6.45) is 5.21. The van der Waals surface area contributed by atoms with Gasteiger partial charge in [-0.25, -0.2) is 4.39 Å². The van der Waals surface area contributed by atoms with Gasteiger partial charge in [-0.3, -0.25) is 19.4 Å². The lowest BCUT2D eigenvalue weighted by molar-refractivity contribution is -0.117. The first kappa shape index (κ1) is 28.4. The minimum Gasteiger partial charge on any atom is -0.352 e. The van der Waals surface area contributed by atoms with Gasteiger partial charge in [-0.05, 0) is 86.6 Å². The second-order valence-corrected chi connectivity index (χ2v) is 9.90. The van der Waals surface area contributed by atoms with Crippen LogP contribution in [-0.4, -0.2) is 45.6 Å². The Morgan fingerprint density at radius 1 is 1.02 bits per heavy atom. The SMILES string of the molecule is CCNC(=O)c1cccc(-c2ccc(NC(=O)C(C)NC)c(=O)n2Cc2cncc(-n3ccc4cc(F)ccc43)c2)c1. The lowest BCUT2D eigenvalue weighted by Gasteiger charge is -2.17. The maximum Gasteiger partial charge on any atom is 0.275 e. The van der Waals surface area contributed by atoms with Gasteiger partial charge < -0.3 is 25.1 Å². The Bertz CT molecular complexity index is 1840. The van der Waals surface area contributed by atoms with Gasteiger partial charge in [-0.1, -0.05) is 12.1 Å². The van der Waals surface area contributed by atoms with E-state index in [1.54, 1.807) is 67.3 Å². The number of amides is 2. The van der Waals surface area contributed by atoms with Crippen molar-refractivity contribution in [2.75, 3.05) is 18.9 Å². The van der Waals surface area contributed by atoms with Gasteiger partial charge in [0.05, 0.1) is 35.7 Å². The van der Waals surface area contributed by atoms with E-state index in [1.807, 2.05) is 35.9 Å². The Morgan fingerprint density at radius 2 is 1.86 bits per heavy atom. The van der Waals surface area contributed by atoms with Crippen LogP contribution in [0.25, 0.3) is 27.8 Å². The van der Waals surface area contributed by atoms with E-state index in [0.29, 0.717) is 23.4 Å². The molecule has 2 aromatic carbocycles. The average Bonchev–Trinajstić information content (AvgIpc) is 3.42. The molecule has 3 heterocycles. The van der Waals surface area contributed by atoms with Gasteiger partial charge in [-0.15, -0.1) is 0 Å². The molecule has 1 atom stereocenters. The van der Waals surface area contributed by atoms with Crippen molar-refractivity contribution in [2.45, 2.75) is 26.4 Å². The molecule has 0 spiro atoms. The van der Waals surface area contributed by atoms with Crippen molar-refractivity contribution in [2.24, 2.45) is 0 Å². The van der Waals surface area contributed by atoms with Crippen LogP contribution >= 0.6 is 0 Å². The van der Waals surface area contributed by atoms with E-state index in [2.05, 4.69) is 20.9 Å². The number of likely N-dealkylation sites (N-methyl/N-ethyl adjacent to an activating group) is 1. The molecule has 5 rings (SSSR count). The molecule has 0 saturated heterocycles. The average molecular weight is 567 g/mol. The molecule has 214 valence electrons. The molecule has 1 unspecified atom stereocenters. The number of halogens is 1. The fraction of sp³-hybridized carbons (Fsp3) is 0.188. The highest BCUT2D eigenvalue weighted by Gasteiger charge is 2.17. The largest absolute Gasteiger partial charge is 0.352 e. The van der Waals surface area contributed by atoms with E-state index in [9.17, 15) is 18.8 Å². The molecule has 0 radical (unpaired) electrons. The van der Waals surface area contributed by atoms with Gasteiger partial charge in [0.25, 0.3) is 11.5 Å². The van der Waals surface area contributed by atoms with E-state index < -0.39 is 11.6 Å². The Labute approximate surface area is 242 Å². The molecule has 0 aliphatic heterocycles. The summed E-state index contributed by atoms with van der Waals surface area (Å²) >= 11 is 0. The molecule has 0 fully saturated rings. The molecule has 0 aliphatic carbocycles. The summed E-state index contributed by atoms with van der Waals surface area (Å²) in [6.45, 7) is 4.17. The number of carbonyl (C=O) groups is 2. The molecule has 5 aromatic rings. The van der Waals surface area contributed by atoms with E-state index in [0.717, 1.165) is 22.2 Å². The third-order valence-electron chi connectivity index (χ3n) is 7.07. The minimum absolute atomic E-state index is 0.133. The zero-order chi connectivity index (χ0) is 29.8. The number of hydrogen-bond donors (Lipinski definition) is 3. The number of pyridine rings is 2. The second-order valence-electron chi connectivity index (χ2n) is 9.90. The summed E-state index contributed by atoms with van der Waals surface area (Å²) in [4.78, 5) is 43.4. The van der Waals surface area contributed by atoms with Crippen LogP contribution in [0.1, 0.15) is 29.8 Å². The number of carbonyl (C=O) groups excluding carboxylic acids is 2. The van der Waals surface area contributed by atoms with Gasteiger partial charge in [0.1, 0.15) is 11.5 Å². The van der Waals surface area contributed by atoms with Gasteiger partial charge in [0.15, 0.2) is 0 Å². The summed E-state index contributed by atoms with van der Waals surface area (Å²) in [5.74, 6) is -0.869. The third kappa shape index (κ3) is 5.84. The first-order valence-electron chi connectivity index (χ1n) is 13.6. The predicted octanol–water partition coefficient (Wildman–Crippen LogP) is 4.34. The molecule has 0 bridgehead atoms. The number of benzene rings is 2. The van der Waals surface area contributed by atoms with E-state index in [-0.39, 0.29) is 29.9 Å². The molecule has 0 aliphatic rings. The Balaban J connectivity index is 1.58. The highest BCUT2D eigenvalue weighted by atomic mass is 19.1. The smallest absolute Gasteiger partial charge is 0.275 e. The first-order valence-corrected chi connectivity index (χ1v) is 13.6. The van der Waals surface area contributed by atoms with Crippen LogP contribution in [0.2, 0.25) is 0 Å². The highest BCUT2D eigenvalue weighted by molar-refractivity contribution is 5.96. The molecular weight excluding hydrogens is 535 g/mol. The van der Waals surface area contributed by atoms with Crippen molar-refractivity contribution in [3.8, 4) is 16.9 Å². The van der Waals surface area contributed by atoms with Crippen LogP contribution in [-0.2, 0) is 11.3 Å². The number of hydrogen-bond acceptors (Lipinski definition) is 5. The Kier molecular flexibility index (Phi) is 8.26. The quantitative estimate of drug-likeness (QED) is 0.246. The maximum absolute atomic E-state index is 13.8. The van der Waals surface area contributed by atoms with E-state index >= 15 is 0 Å². The monoisotopic (exact) mass is 566 g/mol. The first-order chi connectivity index (χ1) is 20.3. The number of rotatable bonds is 9. The van der Waals surface area contributed by atoms with Crippen LogP contribution < -0.4 is 21.5 Å². The molecule has 10 heteroatoms. The van der Waals surface area contributed by atoms with Crippen molar-refractivity contribution in [1.82, 2.24) is 24.8 Å².